The first-order valence-corrected chi connectivity index (χ1v) is 5.58. The van der Waals surface area contributed by atoms with Crippen molar-refractivity contribution in [1.29, 1.82) is 0 Å². The second-order valence-corrected chi connectivity index (χ2v) is 4.08. The van der Waals surface area contributed by atoms with Gasteiger partial charge in [0.25, 0.3) is 0 Å². The molecule has 0 saturated carbocycles. The van der Waals surface area contributed by atoms with Crippen molar-refractivity contribution in [3.05, 3.63) is 36.2 Å². The fourth-order valence-corrected chi connectivity index (χ4v) is 1.87. The van der Waals surface area contributed by atoms with E-state index >= 15 is 0 Å². The standard InChI is InChI=1S/C10H11N5OS/c1-15(10-12-6-13-17-10)8-4-2-3-7(5-8)9(11)14-16/h2-6,16H,1H3,(H2,11,14). The molecule has 0 amide bonds. The maximum Gasteiger partial charge on any atom is 0.209 e. The van der Waals surface area contributed by atoms with E-state index in [1.165, 1.54) is 17.9 Å². The SMILES string of the molecule is CN(c1cccc(C(N)=NO)c1)c1ncns1. The number of anilines is 2. The van der Waals surface area contributed by atoms with Crippen LogP contribution >= 0.6 is 11.5 Å². The molecule has 17 heavy (non-hydrogen) atoms. The third-order valence-corrected chi connectivity index (χ3v) is 3.02. The number of aromatic nitrogens is 2. The van der Waals surface area contributed by atoms with E-state index in [-0.39, 0.29) is 5.84 Å². The highest BCUT2D eigenvalue weighted by Gasteiger charge is 2.08. The van der Waals surface area contributed by atoms with E-state index in [0.717, 1.165) is 10.8 Å². The Morgan fingerprint density at radius 1 is 1.53 bits per heavy atom. The molecule has 0 atom stereocenters. The zero-order valence-electron chi connectivity index (χ0n) is 9.11. The van der Waals surface area contributed by atoms with Crippen molar-refractivity contribution in [3.8, 4) is 0 Å². The van der Waals surface area contributed by atoms with Crippen LogP contribution < -0.4 is 10.6 Å². The van der Waals surface area contributed by atoms with Crippen LogP contribution in [0.25, 0.3) is 0 Å². The number of benzene rings is 1. The third kappa shape index (κ3) is 2.34. The van der Waals surface area contributed by atoms with Crippen molar-refractivity contribution in [1.82, 2.24) is 9.36 Å². The summed E-state index contributed by atoms with van der Waals surface area (Å²) in [6.45, 7) is 0. The quantitative estimate of drug-likeness (QED) is 0.371. The zero-order valence-corrected chi connectivity index (χ0v) is 9.92. The molecule has 0 bridgehead atoms. The Kier molecular flexibility index (Phi) is 3.20. The summed E-state index contributed by atoms with van der Waals surface area (Å²) in [5, 5.41) is 12.4. The molecule has 2 rings (SSSR count). The normalized spacial score (nSPS) is 11.5. The van der Waals surface area contributed by atoms with Crippen LogP contribution in [0.3, 0.4) is 0 Å². The van der Waals surface area contributed by atoms with Crippen LogP contribution in [0.4, 0.5) is 10.8 Å². The van der Waals surface area contributed by atoms with Crippen molar-refractivity contribution in [2.45, 2.75) is 0 Å². The fourth-order valence-electron chi connectivity index (χ4n) is 1.36. The lowest BCUT2D eigenvalue weighted by Crippen LogP contribution is -2.15. The summed E-state index contributed by atoms with van der Waals surface area (Å²) in [7, 11) is 1.88. The van der Waals surface area contributed by atoms with Gasteiger partial charge in [0, 0.05) is 29.8 Å². The lowest BCUT2D eigenvalue weighted by Gasteiger charge is -2.15. The van der Waals surface area contributed by atoms with Crippen molar-refractivity contribution >= 4 is 28.2 Å². The zero-order chi connectivity index (χ0) is 12.3. The minimum absolute atomic E-state index is 0.0810. The molecule has 88 valence electrons. The lowest BCUT2D eigenvalue weighted by molar-refractivity contribution is 0.318. The monoisotopic (exact) mass is 249 g/mol. The predicted octanol–water partition coefficient (Wildman–Crippen LogP) is 1.40. The van der Waals surface area contributed by atoms with Crippen LogP contribution in [0.5, 0.6) is 0 Å². The van der Waals surface area contributed by atoms with Crippen LogP contribution in [-0.4, -0.2) is 27.4 Å². The number of amidine groups is 1. The van der Waals surface area contributed by atoms with Crippen molar-refractivity contribution in [2.24, 2.45) is 10.9 Å². The first-order valence-electron chi connectivity index (χ1n) is 4.80. The van der Waals surface area contributed by atoms with Gasteiger partial charge in [0.15, 0.2) is 5.84 Å². The molecule has 0 spiro atoms. The Morgan fingerprint density at radius 2 is 2.35 bits per heavy atom. The summed E-state index contributed by atoms with van der Waals surface area (Å²) in [6, 6.07) is 7.33. The molecule has 0 fully saturated rings. The summed E-state index contributed by atoms with van der Waals surface area (Å²) in [6.07, 6.45) is 1.50. The maximum absolute atomic E-state index is 8.63. The molecular formula is C10H11N5OS. The highest BCUT2D eigenvalue weighted by molar-refractivity contribution is 7.09. The molecule has 2 aromatic rings. The van der Waals surface area contributed by atoms with Gasteiger partial charge in [0.1, 0.15) is 6.33 Å². The smallest absolute Gasteiger partial charge is 0.209 e. The summed E-state index contributed by atoms with van der Waals surface area (Å²) in [5.41, 5.74) is 7.09. The van der Waals surface area contributed by atoms with Gasteiger partial charge in [-0.2, -0.15) is 4.37 Å². The molecule has 0 unspecified atom stereocenters. The second-order valence-electron chi connectivity index (χ2n) is 3.32. The molecule has 0 aliphatic carbocycles. The summed E-state index contributed by atoms with van der Waals surface area (Å²) < 4.78 is 3.94. The second kappa shape index (κ2) is 4.79. The number of nitrogens with zero attached hydrogens (tertiary/aromatic N) is 4. The average molecular weight is 249 g/mol. The van der Waals surface area contributed by atoms with E-state index in [2.05, 4.69) is 14.5 Å². The Hall–Kier alpha value is -2.15. The molecule has 0 aliphatic rings. The lowest BCUT2D eigenvalue weighted by atomic mass is 10.2. The number of hydrogen-bond donors (Lipinski definition) is 2. The van der Waals surface area contributed by atoms with E-state index in [0.29, 0.717) is 5.56 Å². The molecule has 1 aromatic heterocycles. The number of oxime groups is 1. The van der Waals surface area contributed by atoms with Crippen LogP contribution in [0.2, 0.25) is 0 Å². The largest absolute Gasteiger partial charge is 0.409 e. The van der Waals surface area contributed by atoms with Gasteiger partial charge in [-0.05, 0) is 12.1 Å². The Morgan fingerprint density at radius 3 is 3.00 bits per heavy atom. The first kappa shape index (κ1) is 11.3. The Labute approximate surface area is 102 Å². The van der Waals surface area contributed by atoms with Gasteiger partial charge in [-0.15, -0.1) is 0 Å². The van der Waals surface area contributed by atoms with E-state index in [9.17, 15) is 0 Å². The molecule has 1 aromatic carbocycles. The predicted molar refractivity (Wildman–Crippen MR) is 66.9 cm³/mol. The van der Waals surface area contributed by atoms with E-state index < -0.39 is 0 Å². The molecule has 0 saturated heterocycles. The van der Waals surface area contributed by atoms with Gasteiger partial charge in [0.05, 0.1) is 0 Å². The highest BCUT2D eigenvalue weighted by atomic mass is 32.1. The molecule has 0 aliphatic heterocycles. The maximum atomic E-state index is 8.63. The highest BCUT2D eigenvalue weighted by Crippen LogP contribution is 2.24. The summed E-state index contributed by atoms with van der Waals surface area (Å²) in [4.78, 5) is 5.99. The van der Waals surface area contributed by atoms with Crippen LogP contribution in [0.1, 0.15) is 5.56 Å². The van der Waals surface area contributed by atoms with Crippen molar-refractivity contribution < 1.29 is 5.21 Å². The molecule has 1 heterocycles. The molecule has 0 radical (unpaired) electrons. The van der Waals surface area contributed by atoms with Gasteiger partial charge < -0.3 is 15.8 Å². The van der Waals surface area contributed by atoms with Gasteiger partial charge in [-0.3, -0.25) is 0 Å². The van der Waals surface area contributed by atoms with Crippen LogP contribution in [0.15, 0.2) is 35.7 Å². The Bertz CT molecular complexity index is 525. The van der Waals surface area contributed by atoms with E-state index in [1.807, 2.05) is 30.1 Å². The van der Waals surface area contributed by atoms with Gasteiger partial charge in [0.2, 0.25) is 5.13 Å². The van der Waals surface area contributed by atoms with Crippen molar-refractivity contribution in [2.75, 3.05) is 11.9 Å². The van der Waals surface area contributed by atoms with Crippen LogP contribution in [-0.2, 0) is 0 Å². The number of nitrogens with two attached hydrogens (primary N) is 1. The number of rotatable bonds is 3. The molecule has 3 N–H and O–H groups in total. The fraction of sp³-hybridized carbons (Fsp3) is 0.100. The van der Waals surface area contributed by atoms with Gasteiger partial charge >= 0.3 is 0 Å². The van der Waals surface area contributed by atoms with Gasteiger partial charge in [-0.1, -0.05) is 17.3 Å². The molecule has 6 nitrogen and oxygen atoms in total. The topological polar surface area (TPSA) is 87.6 Å². The van der Waals surface area contributed by atoms with Crippen LogP contribution in [0, 0.1) is 0 Å². The van der Waals surface area contributed by atoms with Gasteiger partial charge in [-0.25, -0.2) is 4.98 Å². The average Bonchev–Trinajstić information content (AvgIpc) is 2.91. The third-order valence-electron chi connectivity index (χ3n) is 2.27. The summed E-state index contributed by atoms with van der Waals surface area (Å²) in [5.74, 6) is 0.0810. The molecule has 7 heteroatoms. The Balaban J connectivity index is 2.34. The van der Waals surface area contributed by atoms with E-state index in [1.54, 1.807) is 6.07 Å². The summed E-state index contributed by atoms with van der Waals surface area (Å²) >= 11 is 1.30. The van der Waals surface area contributed by atoms with E-state index in [4.69, 9.17) is 10.9 Å². The van der Waals surface area contributed by atoms with Crippen molar-refractivity contribution in [3.63, 3.8) is 0 Å². The molecular weight excluding hydrogens is 238 g/mol. The number of hydrogen-bond acceptors (Lipinski definition) is 6. The minimum atomic E-state index is 0.0810. The first-order chi connectivity index (χ1) is 8.22. The minimum Gasteiger partial charge on any atom is -0.409 e.